The molecule has 0 N–H and O–H groups in total. The third-order valence-corrected chi connectivity index (χ3v) is 3.35. The highest BCUT2D eigenvalue weighted by atomic mass is 32.1. The normalized spacial score (nSPS) is 16.2. The summed E-state index contributed by atoms with van der Waals surface area (Å²) >= 11 is 4.97. The summed E-state index contributed by atoms with van der Waals surface area (Å²) < 4.78 is 13.1. The molecule has 2 rings (SSSR count). The van der Waals surface area contributed by atoms with Gasteiger partial charge in [-0.3, -0.25) is 19.4 Å². The lowest BCUT2D eigenvalue weighted by Gasteiger charge is -2.31. The van der Waals surface area contributed by atoms with Crippen LogP contribution in [0.25, 0.3) is 6.08 Å². The highest BCUT2D eigenvalue weighted by Crippen LogP contribution is 2.18. The quantitative estimate of drug-likeness (QED) is 0.443. The van der Waals surface area contributed by atoms with Gasteiger partial charge in [0, 0.05) is 14.1 Å². The van der Waals surface area contributed by atoms with Gasteiger partial charge < -0.3 is 0 Å². The number of amides is 2. The molecule has 4 nitrogen and oxygen atoms in total. The third kappa shape index (κ3) is 2.39. The summed E-state index contributed by atoms with van der Waals surface area (Å²) in [6.07, 6.45) is 1.36. The molecule has 6 heteroatoms. The number of halogens is 1. The van der Waals surface area contributed by atoms with E-state index in [0.29, 0.717) is 5.56 Å². The molecule has 19 heavy (non-hydrogen) atoms. The van der Waals surface area contributed by atoms with Crippen molar-refractivity contribution in [1.29, 1.82) is 0 Å². The van der Waals surface area contributed by atoms with Gasteiger partial charge in [0.05, 0.1) is 0 Å². The number of rotatable bonds is 1. The number of hydrogen-bond donors (Lipinski definition) is 0. The van der Waals surface area contributed by atoms with Crippen LogP contribution >= 0.6 is 12.2 Å². The van der Waals surface area contributed by atoms with E-state index in [4.69, 9.17) is 12.2 Å². The second-order valence-corrected chi connectivity index (χ2v) is 4.49. The summed E-state index contributed by atoms with van der Waals surface area (Å²) in [5.41, 5.74) is 0.413. The Morgan fingerprint density at radius 3 is 2.26 bits per heavy atom. The van der Waals surface area contributed by atoms with Crippen molar-refractivity contribution >= 4 is 35.2 Å². The molecular formula is C13H11FN2O2S. The number of nitrogens with zero attached hydrogens (tertiary/aromatic N) is 2. The number of benzene rings is 1. The average molecular weight is 278 g/mol. The Bertz CT molecular complexity index is 586. The van der Waals surface area contributed by atoms with Gasteiger partial charge >= 0.3 is 0 Å². The maximum Gasteiger partial charge on any atom is 0.265 e. The first kappa shape index (κ1) is 13.4. The van der Waals surface area contributed by atoms with E-state index in [2.05, 4.69) is 0 Å². The summed E-state index contributed by atoms with van der Waals surface area (Å²) in [4.78, 5) is 26.4. The van der Waals surface area contributed by atoms with Gasteiger partial charge in [0.15, 0.2) is 5.11 Å². The molecule has 0 aromatic heterocycles. The Kier molecular flexibility index (Phi) is 3.44. The molecule has 1 heterocycles. The van der Waals surface area contributed by atoms with Crippen LogP contribution in [0.1, 0.15) is 5.56 Å². The van der Waals surface area contributed by atoms with Crippen LogP contribution in [0.4, 0.5) is 4.39 Å². The predicted molar refractivity (Wildman–Crippen MR) is 72.5 cm³/mol. The fourth-order valence-electron chi connectivity index (χ4n) is 1.74. The highest BCUT2D eigenvalue weighted by Gasteiger charge is 2.35. The zero-order valence-corrected chi connectivity index (χ0v) is 11.2. The van der Waals surface area contributed by atoms with E-state index < -0.39 is 17.6 Å². The van der Waals surface area contributed by atoms with E-state index in [1.807, 2.05) is 0 Å². The van der Waals surface area contributed by atoms with Crippen LogP contribution < -0.4 is 0 Å². The summed E-state index contributed by atoms with van der Waals surface area (Å²) in [5.74, 6) is -1.41. The zero-order chi connectivity index (χ0) is 14.2. The van der Waals surface area contributed by atoms with Crippen molar-refractivity contribution in [3.05, 3.63) is 41.2 Å². The van der Waals surface area contributed by atoms with Crippen LogP contribution in [0.3, 0.4) is 0 Å². The topological polar surface area (TPSA) is 40.6 Å². The number of hydrogen-bond acceptors (Lipinski definition) is 3. The molecule has 2 amide bonds. The van der Waals surface area contributed by atoms with Gasteiger partial charge in [-0.15, -0.1) is 0 Å². The van der Waals surface area contributed by atoms with Crippen LogP contribution in [0.5, 0.6) is 0 Å². The lowest BCUT2D eigenvalue weighted by Crippen LogP contribution is -2.52. The molecule has 0 saturated carbocycles. The van der Waals surface area contributed by atoms with Crippen LogP contribution in [-0.2, 0) is 9.59 Å². The fraction of sp³-hybridized carbons (Fsp3) is 0.154. The molecule has 0 spiro atoms. The molecule has 1 aromatic carbocycles. The maximum absolute atomic E-state index is 13.1. The molecule has 0 unspecified atom stereocenters. The van der Waals surface area contributed by atoms with Gasteiger partial charge in [-0.05, 0) is 36.0 Å². The largest absolute Gasteiger partial charge is 0.288 e. The average Bonchev–Trinajstić information content (AvgIpc) is 2.39. The Hall–Kier alpha value is -2.08. The van der Waals surface area contributed by atoms with E-state index in [1.54, 1.807) is 6.07 Å². The highest BCUT2D eigenvalue weighted by molar-refractivity contribution is 7.80. The summed E-state index contributed by atoms with van der Waals surface area (Å²) in [5, 5.41) is 0.145. The predicted octanol–water partition coefficient (Wildman–Crippen LogP) is 1.42. The van der Waals surface area contributed by atoms with Gasteiger partial charge in [-0.2, -0.15) is 0 Å². The van der Waals surface area contributed by atoms with E-state index >= 15 is 0 Å². The number of carbonyl (C=O) groups is 2. The van der Waals surface area contributed by atoms with Crippen molar-refractivity contribution in [2.45, 2.75) is 0 Å². The number of carbonyl (C=O) groups excluding carboxylic acids is 2. The first-order valence-corrected chi connectivity index (χ1v) is 5.90. The van der Waals surface area contributed by atoms with Gasteiger partial charge in [-0.25, -0.2) is 4.39 Å². The summed E-state index contributed by atoms with van der Waals surface area (Å²) in [6, 6.07) is 5.67. The molecule has 1 aromatic rings. The van der Waals surface area contributed by atoms with E-state index in [-0.39, 0.29) is 10.7 Å². The number of thiocarbonyl (C=S) groups is 1. The van der Waals surface area contributed by atoms with Crippen LogP contribution in [0, 0.1) is 5.82 Å². The molecule has 0 radical (unpaired) electrons. The van der Waals surface area contributed by atoms with Crippen molar-refractivity contribution in [3.63, 3.8) is 0 Å². The van der Waals surface area contributed by atoms with Crippen molar-refractivity contribution < 1.29 is 14.0 Å². The van der Waals surface area contributed by atoms with Gasteiger partial charge in [0.1, 0.15) is 11.4 Å². The van der Waals surface area contributed by atoms with E-state index in [9.17, 15) is 14.0 Å². The van der Waals surface area contributed by atoms with Crippen LogP contribution in [-0.4, -0.2) is 40.8 Å². The van der Waals surface area contributed by atoms with Gasteiger partial charge in [0.25, 0.3) is 11.8 Å². The van der Waals surface area contributed by atoms with Crippen molar-refractivity contribution in [2.75, 3.05) is 14.1 Å². The summed E-state index contributed by atoms with van der Waals surface area (Å²) in [7, 11) is 2.99. The zero-order valence-electron chi connectivity index (χ0n) is 10.4. The summed E-state index contributed by atoms with van der Waals surface area (Å²) in [6.45, 7) is 0. The van der Waals surface area contributed by atoms with Crippen LogP contribution in [0.15, 0.2) is 29.8 Å². The smallest absolute Gasteiger partial charge is 0.265 e. The Balaban J connectivity index is 2.45. The molecule has 98 valence electrons. The monoisotopic (exact) mass is 278 g/mol. The Morgan fingerprint density at radius 1 is 1.16 bits per heavy atom. The minimum absolute atomic E-state index is 0.0378. The van der Waals surface area contributed by atoms with E-state index in [0.717, 1.165) is 0 Å². The molecule has 1 aliphatic heterocycles. The first-order chi connectivity index (χ1) is 8.91. The van der Waals surface area contributed by atoms with Gasteiger partial charge in [0.2, 0.25) is 0 Å². The van der Waals surface area contributed by atoms with Crippen molar-refractivity contribution in [2.24, 2.45) is 0 Å². The molecule has 1 saturated heterocycles. The molecular weight excluding hydrogens is 267 g/mol. The Morgan fingerprint density at radius 2 is 1.74 bits per heavy atom. The molecule has 1 aliphatic rings. The molecule has 0 atom stereocenters. The van der Waals surface area contributed by atoms with Crippen molar-refractivity contribution in [1.82, 2.24) is 9.80 Å². The third-order valence-electron chi connectivity index (χ3n) is 2.80. The van der Waals surface area contributed by atoms with Gasteiger partial charge in [-0.1, -0.05) is 12.1 Å². The van der Waals surface area contributed by atoms with Crippen molar-refractivity contribution in [3.8, 4) is 0 Å². The van der Waals surface area contributed by atoms with E-state index in [1.165, 1.54) is 48.2 Å². The molecule has 1 fully saturated rings. The second kappa shape index (κ2) is 4.89. The molecule has 0 aliphatic carbocycles. The lowest BCUT2D eigenvalue weighted by atomic mass is 10.1. The second-order valence-electron chi connectivity index (χ2n) is 4.12. The first-order valence-electron chi connectivity index (χ1n) is 5.49. The SMILES string of the molecule is CN1C(=O)C(=Cc2cccc(F)c2)C(=O)N(C)C1=S. The number of likely N-dealkylation sites (N-methyl/N-ethyl adjacent to an activating group) is 2. The minimum atomic E-state index is -0.489. The van der Waals surface area contributed by atoms with Crippen LogP contribution in [0.2, 0.25) is 0 Å². The minimum Gasteiger partial charge on any atom is -0.288 e. The Labute approximate surface area is 115 Å². The lowest BCUT2D eigenvalue weighted by molar-refractivity contribution is -0.132. The maximum atomic E-state index is 13.1. The molecule has 0 bridgehead atoms. The standard InChI is InChI=1S/C13H11FN2O2S/c1-15-11(17)10(12(18)16(2)13(15)19)7-8-4-3-5-9(14)6-8/h3-7H,1-2H3. The fourth-order valence-corrected chi connectivity index (χ4v) is 1.90.